The van der Waals surface area contributed by atoms with Crippen LogP contribution in [0.25, 0.3) is 0 Å². The predicted octanol–water partition coefficient (Wildman–Crippen LogP) is 1.58. The van der Waals surface area contributed by atoms with Crippen LogP contribution >= 0.6 is 15.9 Å². The van der Waals surface area contributed by atoms with Gasteiger partial charge in [0.05, 0.1) is 16.7 Å². The zero-order chi connectivity index (χ0) is 9.26. The summed E-state index contributed by atoms with van der Waals surface area (Å²) in [6.07, 6.45) is 4.28. The summed E-state index contributed by atoms with van der Waals surface area (Å²) in [5, 5.41) is 0. The molecule has 0 spiro atoms. The number of carbonyl (C=O) groups is 1. The van der Waals surface area contributed by atoms with Gasteiger partial charge in [0.15, 0.2) is 0 Å². The summed E-state index contributed by atoms with van der Waals surface area (Å²) in [7, 11) is 0. The van der Waals surface area contributed by atoms with Crippen molar-refractivity contribution in [3.05, 3.63) is 24.5 Å². The predicted molar refractivity (Wildman–Crippen MR) is 53.9 cm³/mol. The fraction of sp³-hybridized carbons (Fsp3) is 0.333. The normalized spacial score (nSPS) is 22.4. The fourth-order valence-electron chi connectivity index (χ4n) is 1.41. The lowest BCUT2D eigenvalue weighted by Gasteiger charge is -2.14. The average molecular weight is 241 g/mol. The minimum absolute atomic E-state index is 0.0206. The smallest absolute Gasteiger partial charge is 0.240 e. The van der Waals surface area contributed by atoms with Gasteiger partial charge in [-0.1, -0.05) is 15.9 Å². The highest BCUT2D eigenvalue weighted by Crippen LogP contribution is 2.23. The zero-order valence-electron chi connectivity index (χ0n) is 6.98. The molecule has 0 bridgehead atoms. The summed E-state index contributed by atoms with van der Waals surface area (Å²) in [6, 6.07) is 3.74. The number of hydrogen-bond acceptors (Lipinski definition) is 2. The van der Waals surface area contributed by atoms with E-state index in [1.54, 1.807) is 17.3 Å². The van der Waals surface area contributed by atoms with Crippen molar-refractivity contribution >= 4 is 27.5 Å². The Kier molecular flexibility index (Phi) is 2.31. The van der Waals surface area contributed by atoms with Gasteiger partial charge in [-0.15, -0.1) is 0 Å². The van der Waals surface area contributed by atoms with E-state index >= 15 is 0 Å². The van der Waals surface area contributed by atoms with Crippen LogP contribution in [-0.4, -0.2) is 22.3 Å². The lowest BCUT2D eigenvalue weighted by Crippen LogP contribution is -2.26. The molecule has 0 aromatic carbocycles. The van der Waals surface area contributed by atoms with Gasteiger partial charge in [-0.3, -0.25) is 9.78 Å². The van der Waals surface area contributed by atoms with Crippen LogP contribution in [-0.2, 0) is 4.79 Å². The van der Waals surface area contributed by atoms with Crippen LogP contribution in [0.5, 0.6) is 0 Å². The largest absolute Gasteiger partial charge is 0.310 e. The van der Waals surface area contributed by atoms with Gasteiger partial charge in [0.1, 0.15) is 0 Å². The topological polar surface area (TPSA) is 33.2 Å². The second kappa shape index (κ2) is 3.46. The molecule has 0 unspecified atom stereocenters. The van der Waals surface area contributed by atoms with Gasteiger partial charge in [0.25, 0.3) is 0 Å². The molecule has 68 valence electrons. The summed E-state index contributed by atoms with van der Waals surface area (Å²) in [5.74, 6) is 0.132. The molecular formula is C9H9BrN2O. The molecule has 1 aliphatic heterocycles. The minimum atomic E-state index is -0.0206. The number of amides is 1. The standard InChI is InChI=1S/C9H9BrN2O/c10-8-3-5-12(9(8)13)7-2-1-4-11-6-7/h1-2,4,6,8H,3,5H2/t8-/m0/s1. The van der Waals surface area contributed by atoms with Crippen LogP contribution in [0.15, 0.2) is 24.5 Å². The first kappa shape index (κ1) is 8.69. The van der Waals surface area contributed by atoms with Crippen LogP contribution in [0.2, 0.25) is 0 Å². The van der Waals surface area contributed by atoms with Gasteiger partial charge in [-0.25, -0.2) is 0 Å². The molecule has 1 fully saturated rings. The lowest BCUT2D eigenvalue weighted by molar-refractivity contribution is -0.116. The molecule has 1 saturated heterocycles. The summed E-state index contributed by atoms with van der Waals surface area (Å²) in [6.45, 7) is 0.778. The number of aromatic nitrogens is 1. The Balaban J connectivity index is 2.24. The number of anilines is 1. The van der Waals surface area contributed by atoms with Crippen LogP contribution in [0.4, 0.5) is 5.69 Å². The molecule has 1 aliphatic rings. The maximum Gasteiger partial charge on any atom is 0.240 e. The van der Waals surface area contributed by atoms with Crippen molar-refractivity contribution in [2.24, 2.45) is 0 Å². The van der Waals surface area contributed by atoms with E-state index in [2.05, 4.69) is 20.9 Å². The number of hydrogen-bond donors (Lipinski definition) is 0. The summed E-state index contributed by atoms with van der Waals surface area (Å²) in [5.41, 5.74) is 0.884. The third kappa shape index (κ3) is 1.58. The third-order valence-electron chi connectivity index (χ3n) is 2.10. The van der Waals surface area contributed by atoms with E-state index in [0.29, 0.717) is 0 Å². The van der Waals surface area contributed by atoms with E-state index in [1.807, 2.05) is 12.1 Å². The molecule has 3 nitrogen and oxygen atoms in total. The van der Waals surface area contributed by atoms with Gasteiger partial charge in [-0.05, 0) is 18.6 Å². The summed E-state index contributed by atoms with van der Waals surface area (Å²) in [4.78, 5) is 17.3. The molecule has 0 saturated carbocycles. The molecular weight excluding hydrogens is 232 g/mol. The Morgan fingerprint density at radius 2 is 2.46 bits per heavy atom. The van der Waals surface area contributed by atoms with E-state index in [1.165, 1.54) is 0 Å². The van der Waals surface area contributed by atoms with Gasteiger partial charge in [-0.2, -0.15) is 0 Å². The molecule has 2 rings (SSSR count). The number of alkyl halides is 1. The van der Waals surface area contributed by atoms with Gasteiger partial charge in [0.2, 0.25) is 5.91 Å². The number of halogens is 1. The Morgan fingerprint density at radius 1 is 1.62 bits per heavy atom. The highest BCUT2D eigenvalue weighted by molar-refractivity contribution is 9.10. The maximum atomic E-state index is 11.6. The van der Waals surface area contributed by atoms with Crippen LogP contribution in [0.3, 0.4) is 0 Å². The van der Waals surface area contributed by atoms with Crippen molar-refractivity contribution in [2.75, 3.05) is 11.4 Å². The first-order chi connectivity index (χ1) is 6.29. The lowest BCUT2D eigenvalue weighted by atomic mass is 10.4. The van der Waals surface area contributed by atoms with Crippen molar-refractivity contribution in [3.63, 3.8) is 0 Å². The Bertz CT molecular complexity index is 315. The molecule has 0 radical (unpaired) electrons. The number of rotatable bonds is 1. The van der Waals surface area contributed by atoms with E-state index in [9.17, 15) is 4.79 Å². The molecule has 0 aliphatic carbocycles. The zero-order valence-corrected chi connectivity index (χ0v) is 8.57. The van der Waals surface area contributed by atoms with Crippen molar-refractivity contribution in [1.29, 1.82) is 0 Å². The molecule has 1 atom stereocenters. The average Bonchev–Trinajstić information content (AvgIpc) is 2.49. The highest BCUT2D eigenvalue weighted by Gasteiger charge is 2.30. The summed E-state index contributed by atoms with van der Waals surface area (Å²) >= 11 is 3.33. The molecule has 1 aromatic rings. The number of nitrogens with zero attached hydrogens (tertiary/aromatic N) is 2. The van der Waals surface area contributed by atoms with Gasteiger partial charge in [0, 0.05) is 12.7 Å². The second-order valence-electron chi connectivity index (χ2n) is 2.96. The number of carbonyl (C=O) groups excluding carboxylic acids is 1. The first-order valence-corrected chi connectivity index (χ1v) is 5.06. The van der Waals surface area contributed by atoms with Crippen LogP contribution < -0.4 is 4.90 Å². The number of pyridine rings is 1. The van der Waals surface area contributed by atoms with Gasteiger partial charge < -0.3 is 4.90 Å². The molecule has 2 heterocycles. The molecule has 0 N–H and O–H groups in total. The van der Waals surface area contributed by atoms with Crippen LogP contribution in [0.1, 0.15) is 6.42 Å². The Hall–Kier alpha value is -0.900. The first-order valence-electron chi connectivity index (χ1n) is 4.14. The molecule has 1 aromatic heterocycles. The molecule has 4 heteroatoms. The van der Waals surface area contributed by atoms with Crippen molar-refractivity contribution in [3.8, 4) is 0 Å². The Morgan fingerprint density at radius 3 is 3.00 bits per heavy atom. The van der Waals surface area contributed by atoms with Crippen molar-refractivity contribution in [1.82, 2.24) is 4.98 Å². The fourth-order valence-corrected chi connectivity index (χ4v) is 1.87. The van der Waals surface area contributed by atoms with Crippen molar-refractivity contribution in [2.45, 2.75) is 11.2 Å². The van der Waals surface area contributed by atoms with Gasteiger partial charge >= 0.3 is 0 Å². The van der Waals surface area contributed by atoms with E-state index in [0.717, 1.165) is 18.7 Å². The monoisotopic (exact) mass is 240 g/mol. The third-order valence-corrected chi connectivity index (χ3v) is 2.95. The highest BCUT2D eigenvalue weighted by atomic mass is 79.9. The van der Waals surface area contributed by atoms with E-state index in [-0.39, 0.29) is 10.7 Å². The van der Waals surface area contributed by atoms with E-state index in [4.69, 9.17) is 0 Å². The quantitative estimate of drug-likeness (QED) is 0.699. The van der Waals surface area contributed by atoms with Crippen LogP contribution in [0, 0.1) is 0 Å². The second-order valence-corrected chi connectivity index (χ2v) is 4.06. The SMILES string of the molecule is O=C1[C@@H](Br)CCN1c1cccnc1. The summed E-state index contributed by atoms with van der Waals surface area (Å²) < 4.78 is 0. The molecule has 1 amide bonds. The molecule has 13 heavy (non-hydrogen) atoms. The Labute approximate surface area is 84.9 Å². The van der Waals surface area contributed by atoms with Crippen molar-refractivity contribution < 1.29 is 4.79 Å². The maximum absolute atomic E-state index is 11.6. The van der Waals surface area contributed by atoms with E-state index < -0.39 is 0 Å². The minimum Gasteiger partial charge on any atom is -0.310 e.